The van der Waals surface area contributed by atoms with Gasteiger partial charge in [0.05, 0.1) is 6.10 Å². The van der Waals surface area contributed by atoms with Crippen LogP contribution in [-0.4, -0.2) is 43.0 Å². The van der Waals surface area contributed by atoms with Crippen LogP contribution in [0.15, 0.2) is 0 Å². The van der Waals surface area contributed by atoms with Crippen molar-refractivity contribution in [2.75, 3.05) is 13.2 Å². The second-order valence-corrected chi connectivity index (χ2v) is 7.59. The summed E-state index contributed by atoms with van der Waals surface area (Å²) >= 11 is 0. The molecule has 5 heteroatoms. The highest BCUT2D eigenvalue weighted by molar-refractivity contribution is 5.67. The van der Waals surface area contributed by atoms with Gasteiger partial charge in [-0.3, -0.25) is 0 Å². The maximum atomic E-state index is 11.8. The lowest BCUT2D eigenvalue weighted by Crippen LogP contribution is -2.51. The monoisotopic (exact) mass is 312 g/mol. The van der Waals surface area contributed by atoms with E-state index in [1.54, 1.807) is 0 Å². The molecule has 2 atom stereocenters. The van der Waals surface area contributed by atoms with Crippen LogP contribution in [0.5, 0.6) is 0 Å². The zero-order valence-electron chi connectivity index (χ0n) is 14.5. The molecule has 2 N–H and O–H groups in total. The molecule has 2 rings (SSSR count). The van der Waals surface area contributed by atoms with Gasteiger partial charge in [-0.1, -0.05) is 6.42 Å². The Morgan fingerprint density at radius 3 is 2.59 bits per heavy atom. The van der Waals surface area contributed by atoms with Gasteiger partial charge in [0, 0.05) is 25.2 Å². The van der Waals surface area contributed by atoms with Crippen LogP contribution in [0.3, 0.4) is 0 Å². The van der Waals surface area contributed by atoms with Gasteiger partial charge in [0.25, 0.3) is 0 Å². The molecule has 0 aromatic heterocycles. The van der Waals surface area contributed by atoms with Gasteiger partial charge in [-0.05, 0) is 59.3 Å². The quantitative estimate of drug-likeness (QED) is 0.792. The Morgan fingerprint density at radius 1 is 1.23 bits per heavy atom. The molecule has 0 bridgehead atoms. The molecule has 0 aromatic rings. The Kier molecular flexibility index (Phi) is 6.09. The minimum Gasteiger partial charge on any atom is -0.444 e. The standard InChI is InChI=1S/C17H32N2O3/c1-5-21-14-9-13(10-14)19-15-8-6-7-12(15)11-18-16(20)22-17(2,3)4/h12-15,19H,5-11H2,1-4H3,(H,18,20). The fourth-order valence-corrected chi connectivity index (χ4v) is 3.41. The highest BCUT2D eigenvalue weighted by atomic mass is 16.6. The first kappa shape index (κ1) is 17.5. The number of hydrogen-bond acceptors (Lipinski definition) is 4. The SMILES string of the molecule is CCOC1CC(NC2CCCC2CNC(=O)OC(C)(C)C)C1. The first-order chi connectivity index (χ1) is 10.4. The molecule has 0 spiro atoms. The average molecular weight is 312 g/mol. The minimum absolute atomic E-state index is 0.307. The third-order valence-corrected chi connectivity index (χ3v) is 4.51. The maximum absolute atomic E-state index is 11.8. The van der Waals surface area contributed by atoms with E-state index in [4.69, 9.17) is 9.47 Å². The van der Waals surface area contributed by atoms with Crippen molar-refractivity contribution in [3.63, 3.8) is 0 Å². The summed E-state index contributed by atoms with van der Waals surface area (Å²) in [6, 6.07) is 1.10. The van der Waals surface area contributed by atoms with E-state index >= 15 is 0 Å². The number of carbonyl (C=O) groups is 1. The molecule has 22 heavy (non-hydrogen) atoms. The molecule has 2 aliphatic rings. The molecule has 0 saturated heterocycles. The maximum Gasteiger partial charge on any atom is 0.407 e. The molecule has 0 aliphatic heterocycles. The molecule has 0 radical (unpaired) electrons. The molecule has 5 nitrogen and oxygen atoms in total. The summed E-state index contributed by atoms with van der Waals surface area (Å²) in [6.45, 7) is 9.22. The molecule has 2 unspecified atom stereocenters. The predicted molar refractivity (Wildman–Crippen MR) is 86.9 cm³/mol. The van der Waals surface area contributed by atoms with Crippen molar-refractivity contribution in [2.24, 2.45) is 5.92 Å². The lowest BCUT2D eigenvalue weighted by molar-refractivity contribution is -0.0134. The summed E-state index contributed by atoms with van der Waals surface area (Å²) in [4.78, 5) is 11.8. The van der Waals surface area contributed by atoms with Crippen LogP contribution in [-0.2, 0) is 9.47 Å². The summed E-state index contributed by atoms with van der Waals surface area (Å²) in [5.41, 5.74) is -0.433. The first-order valence-electron chi connectivity index (χ1n) is 8.72. The molecular formula is C17H32N2O3. The fourth-order valence-electron chi connectivity index (χ4n) is 3.41. The minimum atomic E-state index is -0.433. The second-order valence-electron chi connectivity index (χ2n) is 7.59. The van der Waals surface area contributed by atoms with E-state index < -0.39 is 5.60 Å². The van der Waals surface area contributed by atoms with Gasteiger partial charge >= 0.3 is 6.09 Å². The number of alkyl carbamates (subject to hydrolysis) is 1. The third-order valence-electron chi connectivity index (χ3n) is 4.51. The molecule has 1 amide bonds. The van der Waals surface area contributed by atoms with Crippen LogP contribution in [0.4, 0.5) is 4.79 Å². The molecule has 2 saturated carbocycles. The van der Waals surface area contributed by atoms with E-state index in [2.05, 4.69) is 17.6 Å². The van der Waals surface area contributed by atoms with Crippen LogP contribution in [0, 0.1) is 5.92 Å². The van der Waals surface area contributed by atoms with Crippen molar-refractivity contribution < 1.29 is 14.3 Å². The summed E-state index contributed by atoms with van der Waals surface area (Å²) in [5, 5.41) is 6.68. The lowest BCUT2D eigenvalue weighted by Gasteiger charge is -2.38. The van der Waals surface area contributed by atoms with E-state index in [-0.39, 0.29) is 6.09 Å². The van der Waals surface area contributed by atoms with Crippen molar-refractivity contribution in [2.45, 2.75) is 83.6 Å². The van der Waals surface area contributed by atoms with E-state index in [0.717, 1.165) is 19.4 Å². The van der Waals surface area contributed by atoms with Gasteiger partial charge in [-0.25, -0.2) is 4.79 Å². The average Bonchev–Trinajstić information content (AvgIpc) is 2.79. The third kappa shape index (κ3) is 5.43. The Hall–Kier alpha value is -0.810. The Morgan fingerprint density at radius 2 is 1.95 bits per heavy atom. The van der Waals surface area contributed by atoms with Gasteiger partial charge in [0.1, 0.15) is 5.60 Å². The van der Waals surface area contributed by atoms with E-state index in [1.807, 2.05) is 20.8 Å². The van der Waals surface area contributed by atoms with Crippen molar-refractivity contribution in [3.8, 4) is 0 Å². The Bertz CT molecular complexity index is 361. The highest BCUT2D eigenvalue weighted by Gasteiger charge is 2.35. The molecule has 0 aromatic carbocycles. The summed E-state index contributed by atoms with van der Waals surface area (Å²) < 4.78 is 10.9. The van der Waals surface area contributed by atoms with Gasteiger partial charge in [-0.2, -0.15) is 0 Å². The van der Waals surface area contributed by atoms with Crippen molar-refractivity contribution >= 4 is 6.09 Å². The summed E-state index contributed by atoms with van der Waals surface area (Å²) in [7, 11) is 0. The molecule has 2 fully saturated rings. The van der Waals surface area contributed by atoms with Crippen LogP contribution >= 0.6 is 0 Å². The van der Waals surface area contributed by atoms with Crippen LogP contribution in [0.2, 0.25) is 0 Å². The van der Waals surface area contributed by atoms with Gasteiger partial charge in [0.2, 0.25) is 0 Å². The first-order valence-corrected chi connectivity index (χ1v) is 8.72. The number of nitrogens with one attached hydrogen (secondary N) is 2. The van der Waals surface area contributed by atoms with Gasteiger partial charge in [0.15, 0.2) is 0 Å². The lowest BCUT2D eigenvalue weighted by atomic mass is 9.87. The Labute approximate surface area is 134 Å². The fraction of sp³-hybridized carbons (Fsp3) is 0.941. The smallest absolute Gasteiger partial charge is 0.407 e. The molecule has 128 valence electrons. The van der Waals surface area contributed by atoms with Crippen molar-refractivity contribution in [3.05, 3.63) is 0 Å². The van der Waals surface area contributed by atoms with E-state index in [9.17, 15) is 4.79 Å². The largest absolute Gasteiger partial charge is 0.444 e. The number of rotatable bonds is 6. The van der Waals surface area contributed by atoms with Gasteiger partial charge < -0.3 is 20.1 Å². The number of amides is 1. The van der Waals surface area contributed by atoms with Crippen LogP contribution in [0.1, 0.15) is 59.8 Å². The Balaban J connectivity index is 1.67. The normalized spacial score (nSPS) is 31.6. The van der Waals surface area contributed by atoms with Gasteiger partial charge in [-0.15, -0.1) is 0 Å². The van der Waals surface area contributed by atoms with E-state index in [0.29, 0.717) is 30.7 Å². The second kappa shape index (κ2) is 7.64. The van der Waals surface area contributed by atoms with Crippen LogP contribution < -0.4 is 10.6 Å². The topological polar surface area (TPSA) is 59.6 Å². The summed E-state index contributed by atoms with van der Waals surface area (Å²) in [6.07, 6.45) is 6.00. The van der Waals surface area contributed by atoms with Crippen molar-refractivity contribution in [1.29, 1.82) is 0 Å². The zero-order chi connectivity index (χ0) is 16.2. The number of ether oxygens (including phenoxy) is 2. The van der Waals surface area contributed by atoms with Crippen LogP contribution in [0.25, 0.3) is 0 Å². The van der Waals surface area contributed by atoms with Crippen molar-refractivity contribution in [1.82, 2.24) is 10.6 Å². The number of hydrogen-bond donors (Lipinski definition) is 2. The molecular weight excluding hydrogens is 280 g/mol. The summed E-state index contributed by atoms with van der Waals surface area (Å²) in [5.74, 6) is 0.513. The zero-order valence-corrected chi connectivity index (χ0v) is 14.5. The number of carbonyl (C=O) groups excluding carboxylic acids is 1. The molecule has 2 aliphatic carbocycles. The van der Waals surface area contributed by atoms with E-state index in [1.165, 1.54) is 19.3 Å². The molecule has 0 heterocycles. The predicted octanol–water partition coefficient (Wildman–Crippen LogP) is 2.84. The highest BCUT2D eigenvalue weighted by Crippen LogP contribution is 2.30.